The van der Waals surface area contributed by atoms with Gasteiger partial charge in [-0.25, -0.2) is 20.1 Å². The molecule has 2 aliphatic rings. The standard InChI is InChI=1S/C16H28N4O6/c1-10(16(2,3)4)26-14(22)17-7-8-25-18-13(21)12-6-5-11-9-19(12)15(23)20(11)24/h10-12,24H,5-9H2,1-4H3,(H,17,22)(H,18,21)/t10?,11-,12+/m1/s1. The maximum absolute atomic E-state index is 12.1. The summed E-state index contributed by atoms with van der Waals surface area (Å²) in [5.74, 6) is -0.448. The predicted molar refractivity (Wildman–Crippen MR) is 90.0 cm³/mol. The molecular formula is C16H28N4O6. The molecule has 0 radical (unpaired) electrons. The molecule has 10 nitrogen and oxygen atoms in total. The van der Waals surface area contributed by atoms with Gasteiger partial charge < -0.3 is 15.0 Å². The topological polar surface area (TPSA) is 120 Å². The molecule has 4 amide bonds. The van der Waals surface area contributed by atoms with Gasteiger partial charge in [0.05, 0.1) is 12.6 Å². The van der Waals surface area contributed by atoms with Crippen LogP contribution in [0.1, 0.15) is 40.5 Å². The maximum Gasteiger partial charge on any atom is 0.407 e. The van der Waals surface area contributed by atoms with E-state index in [1.165, 1.54) is 4.90 Å². The fourth-order valence-electron chi connectivity index (χ4n) is 2.70. The van der Waals surface area contributed by atoms with Crippen LogP contribution in [-0.4, -0.2) is 71.1 Å². The highest BCUT2D eigenvalue weighted by atomic mass is 16.7. The number of ether oxygens (including phenoxy) is 1. The molecule has 10 heteroatoms. The van der Waals surface area contributed by atoms with Gasteiger partial charge in [0.25, 0.3) is 5.91 Å². The van der Waals surface area contributed by atoms with E-state index in [9.17, 15) is 19.6 Å². The third kappa shape index (κ3) is 4.76. The molecule has 0 aromatic carbocycles. The van der Waals surface area contributed by atoms with Crippen LogP contribution in [0.15, 0.2) is 0 Å². The van der Waals surface area contributed by atoms with Crippen LogP contribution in [-0.2, 0) is 14.4 Å². The molecule has 2 bridgehead atoms. The minimum atomic E-state index is -0.665. The third-order valence-electron chi connectivity index (χ3n) is 4.80. The summed E-state index contributed by atoms with van der Waals surface area (Å²) in [4.78, 5) is 42.0. The number of nitrogens with zero attached hydrogens (tertiary/aromatic N) is 2. The molecule has 26 heavy (non-hydrogen) atoms. The van der Waals surface area contributed by atoms with Crippen molar-refractivity contribution >= 4 is 18.0 Å². The molecule has 2 saturated heterocycles. The van der Waals surface area contributed by atoms with Gasteiger partial charge in [-0.3, -0.25) is 14.8 Å². The van der Waals surface area contributed by atoms with Crippen LogP contribution in [0.5, 0.6) is 0 Å². The Morgan fingerprint density at radius 2 is 2.04 bits per heavy atom. The van der Waals surface area contributed by atoms with Crippen LogP contribution in [0.4, 0.5) is 9.59 Å². The fraction of sp³-hybridized carbons (Fsp3) is 0.812. The van der Waals surface area contributed by atoms with E-state index in [-0.39, 0.29) is 30.7 Å². The molecule has 0 spiro atoms. The van der Waals surface area contributed by atoms with E-state index in [4.69, 9.17) is 9.57 Å². The Morgan fingerprint density at radius 1 is 1.35 bits per heavy atom. The Labute approximate surface area is 152 Å². The smallest absolute Gasteiger partial charge is 0.407 e. The summed E-state index contributed by atoms with van der Waals surface area (Å²) in [7, 11) is 0. The maximum atomic E-state index is 12.1. The molecule has 0 aliphatic carbocycles. The lowest BCUT2D eigenvalue weighted by Gasteiger charge is -2.28. The van der Waals surface area contributed by atoms with E-state index in [1.54, 1.807) is 0 Å². The molecule has 0 aromatic heterocycles. The van der Waals surface area contributed by atoms with Gasteiger partial charge in [-0.2, -0.15) is 0 Å². The number of amides is 4. The highest BCUT2D eigenvalue weighted by Gasteiger charge is 2.46. The van der Waals surface area contributed by atoms with Crippen LogP contribution in [0, 0.1) is 5.41 Å². The van der Waals surface area contributed by atoms with Crippen molar-refractivity contribution < 1.29 is 29.2 Å². The summed E-state index contributed by atoms with van der Waals surface area (Å²) in [5.41, 5.74) is 2.13. The SMILES string of the molecule is CC(OC(=O)NCCONC(=O)[C@@H]1CC[C@@H]2CN1C(=O)N2O)C(C)(C)C. The highest BCUT2D eigenvalue weighted by molar-refractivity contribution is 5.87. The number of nitrogens with one attached hydrogen (secondary N) is 2. The van der Waals surface area contributed by atoms with Crippen LogP contribution in [0.3, 0.4) is 0 Å². The van der Waals surface area contributed by atoms with Gasteiger partial charge in [0.15, 0.2) is 0 Å². The summed E-state index contributed by atoms with van der Waals surface area (Å²) >= 11 is 0. The number of carbonyl (C=O) groups excluding carboxylic acids is 3. The quantitative estimate of drug-likeness (QED) is 0.361. The second kappa shape index (κ2) is 8.09. The summed E-state index contributed by atoms with van der Waals surface area (Å²) in [6.45, 7) is 8.27. The zero-order chi connectivity index (χ0) is 19.5. The molecule has 2 aliphatic heterocycles. The van der Waals surface area contributed by atoms with Crippen LogP contribution >= 0.6 is 0 Å². The van der Waals surface area contributed by atoms with E-state index >= 15 is 0 Å². The highest BCUT2D eigenvalue weighted by Crippen LogP contribution is 2.28. The second-order valence-electron chi connectivity index (χ2n) is 7.68. The average Bonchev–Trinajstić information content (AvgIpc) is 2.78. The first-order chi connectivity index (χ1) is 12.1. The van der Waals surface area contributed by atoms with E-state index in [0.29, 0.717) is 24.4 Å². The summed E-state index contributed by atoms with van der Waals surface area (Å²) in [6.07, 6.45) is 0.211. The summed E-state index contributed by atoms with van der Waals surface area (Å²) < 4.78 is 5.23. The first-order valence-electron chi connectivity index (χ1n) is 8.76. The molecule has 2 heterocycles. The number of hydrogen-bond acceptors (Lipinski definition) is 6. The summed E-state index contributed by atoms with van der Waals surface area (Å²) in [6, 6.07) is -1.48. The van der Waals surface area contributed by atoms with Crippen molar-refractivity contribution in [2.75, 3.05) is 19.7 Å². The normalized spacial score (nSPS) is 23.7. The van der Waals surface area contributed by atoms with Crippen molar-refractivity contribution in [2.24, 2.45) is 5.41 Å². The molecule has 2 fully saturated rings. The Kier molecular flexibility index (Phi) is 6.30. The van der Waals surface area contributed by atoms with Gasteiger partial charge in [0, 0.05) is 13.1 Å². The fourth-order valence-corrected chi connectivity index (χ4v) is 2.70. The van der Waals surface area contributed by atoms with Crippen molar-refractivity contribution in [3.8, 4) is 0 Å². The lowest BCUT2D eigenvalue weighted by Crippen LogP contribution is -2.50. The average molecular weight is 372 g/mol. The van der Waals surface area contributed by atoms with E-state index in [0.717, 1.165) is 0 Å². The van der Waals surface area contributed by atoms with Gasteiger partial charge >= 0.3 is 12.1 Å². The molecule has 0 aromatic rings. The minimum Gasteiger partial charge on any atom is -0.446 e. The zero-order valence-electron chi connectivity index (χ0n) is 15.7. The molecule has 148 valence electrons. The first-order valence-corrected chi connectivity index (χ1v) is 8.76. The molecule has 3 atom stereocenters. The van der Waals surface area contributed by atoms with Crippen LogP contribution < -0.4 is 10.8 Å². The van der Waals surface area contributed by atoms with Crippen molar-refractivity contribution in [1.29, 1.82) is 0 Å². The summed E-state index contributed by atoms with van der Waals surface area (Å²) in [5, 5.41) is 12.8. The number of piperidine rings is 1. The lowest BCUT2D eigenvalue weighted by atomic mass is 9.90. The van der Waals surface area contributed by atoms with Crippen molar-refractivity contribution in [2.45, 2.75) is 58.7 Å². The molecule has 3 N–H and O–H groups in total. The first kappa shape index (κ1) is 20.2. The Morgan fingerprint density at radius 3 is 2.69 bits per heavy atom. The van der Waals surface area contributed by atoms with Gasteiger partial charge in [0.2, 0.25) is 0 Å². The number of fused-ring (bicyclic) bond motifs is 2. The van der Waals surface area contributed by atoms with Crippen LogP contribution in [0.2, 0.25) is 0 Å². The lowest BCUT2D eigenvalue weighted by molar-refractivity contribution is -0.138. The van der Waals surface area contributed by atoms with Crippen molar-refractivity contribution in [1.82, 2.24) is 20.8 Å². The number of hydrogen-bond donors (Lipinski definition) is 3. The van der Waals surface area contributed by atoms with Gasteiger partial charge in [-0.05, 0) is 25.2 Å². The van der Waals surface area contributed by atoms with Crippen LogP contribution in [0.25, 0.3) is 0 Å². The largest absolute Gasteiger partial charge is 0.446 e. The zero-order valence-corrected chi connectivity index (χ0v) is 15.7. The van der Waals surface area contributed by atoms with Gasteiger partial charge in [-0.1, -0.05) is 20.8 Å². The Bertz CT molecular complexity index is 549. The number of hydroxylamine groups is 3. The van der Waals surface area contributed by atoms with Gasteiger partial charge in [0.1, 0.15) is 12.1 Å². The number of urea groups is 1. The number of carbonyl (C=O) groups is 3. The Hall–Kier alpha value is -2.07. The monoisotopic (exact) mass is 372 g/mol. The van der Waals surface area contributed by atoms with E-state index in [1.807, 2.05) is 27.7 Å². The van der Waals surface area contributed by atoms with Crippen molar-refractivity contribution in [3.63, 3.8) is 0 Å². The number of rotatable bonds is 6. The van der Waals surface area contributed by atoms with E-state index in [2.05, 4.69) is 10.8 Å². The molecular weight excluding hydrogens is 344 g/mol. The van der Waals surface area contributed by atoms with Crippen molar-refractivity contribution in [3.05, 3.63) is 0 Å². The van der Waals surface area contributed by atoms with Gasteiger partial charge in [-0.15, -0.1) is 0 Å². The molecule has 1 unspecified atom stereocenters. The second-order valence-corrected chi connectivity index (χ2v) is 7.68. The molecule has 2 rings (SSSR count). The minimum absolute atomic E-state index is 0.0557. The number of alkyl carbamates (subject to hydrolysis) is 1. The van der Waals surface area contributed by atoms with E-state index < -0.39 is 24.1 Å². The Balaban J connectivity index is 1.63. The molecule has 0 saturated carbocycles. The third-order valence-corrected chi connectivity index (χ3v) is 4.80. The predicted octanol–water partition coefficient (Wildman–Crippen LogP) is 0.853.